The molecule has 3 saturated heterocycles. The molecule has 0 unspecified atom stereocenters. The molecule has 1 aromatic heterocycles. The molecule has 3 aliphatic rings. The normalized spacial score (nSPS) is 23.6. The van der Waals surface area contributed by atoms with Crippen LogP contribution in [0.1, 0.15) is 42.3 Å². The minimum atomic E-state index is -0.912. The first kappa shape index (κ1) is 23.2. The van der Waals surface area contributed by atoms with E-state index < -0.39 is 11.5 Å². The van der Waals surface area contributed by atoms with Gasteiger partial charge in [-0.15, -0.1) is 0 Å². The predicted octanol–water partition coefficient (Wildman–Crippen LogP) is 5.78. The van der Waals surface area contributed by atoms with Gasteiger partial charge in [-0.1, -0.05) is 97.9 Å². The van der Waals surface area contributed by atoms with Crippen molar-refractivity contribution in [3.05, 3.63) is 126 Å². The highest BCUT2D eigenvalue weighted by Crippen LogP contribution is 2.43. The van der Waals surface area contributed by atoms with Gasteiger partial charge in [0.1, 0.15) is 11.4 Å². The highest BCUT2D eigenvalue weighted by atomic mass is 16.9. The second-order valence-electron chi connectivity index (χ2n) is 10.2. The molecule has 4 aromatic rings. The Bertz CT molecular complexity index is 1170. The van der Waals surface area contributed by atoms with Crippen LogP contribution in [0, 0.1) is 5.41 Å². The highest BCUT2D eigenvalue weighted by molar-refractivity contribution is 5.51. The van der Waals surface area contributed by atoms with Gasteiger partial charge >= 0.3 is 0 Å². The average Bonchev–Trinajstić information content (AvgIpc) is 3.41. The maximum absolute atomic E-state index is 6.02. The number of fused-ring (bicyclic) bond motifs is 3. The van der Waals surface area contributed by atoms with Crippen LogP contribution >= 0.6 is 0 Å². The summed E-state index contributed by atoms with van der Waals surface area (Å²) in [5.74, 6) is 0.101. The number of aryl methyl sites for hydroxylation is 1. The molecule has 36 heavy (non-hydrogen) atoms. The molecule has 7 rings (SSSR count). The standard InChI is InChI=1S/C31H32N2O3/c1-29-22-34-30(35-23-29,36-24-29)19-11-18-28-32-20-21-33(28)31(25-12-5-2-6-13-25,26-14-7-3-8-15-26)27-16-9-4-10-17-27/h2-10,12-17,20-21H,11,18-19,22-24H2,1H3. The predicted molar refractivity (Wildman–Crippen MR) is 138 cm³/mol. The lowest BCUT2D eigenvalue weighted by atomic mass is 9.76. The van der Waals surface area contributed by atoms with Gasteiger partial charge in [-0.05, 0) is 23.1 Å². The molecule has 3 aromatic carbocycles. The number of hydrogen-bond acceptors (Lipinski definition) is 4. The van der Waals surface area contributed by atoms with E-state index in [1.807, 2.05) is 6.20 Å². The molecular formula is C31H32N2O3. The number of benzene rings is 3. The summed E-state index contributed by atoms with van der Waals surface area (Å²) < 4.78 is 20.4. The van der Waals surface area contributed by atoms with Crippen molar-refractivity contribution in [2.75, 3.05) is 19.8 Å². The first-order valence-electron chi connectivity index (χ1n) is 12.7. The molecule has 3 fully saturated rings. The number of aromatic nitrogens is 2. The van der Waals surface area contributed by atoms with E-state index in [-0.39, 0.29) is 5.41 Å². The Morgan fingerprint density at radius 3 is 1.69 bits per heavy atom. The van der Waals surface area contributed by atoms with Crippen LogP contribution in [0.15, 0.2) is 103 Å². The van der Waals surface area contributed by atoms with Gasteiger partial charge in [0, 0.05) is 30.7 Å². The molecular weight excluding hydrogens is 448 g/mol. The van der Waals surface area contributed by atoms with Crippen molar-refractivity contribution in [1.82, 2.24) is 9.55 Å². The lowest BCUT2D eigenvalue weighted by Crippen LogP contribution is -2.58. The summed E-state index contributed by atoms with van der Waals surface area (Å²) in [6.45, 7) is 4.19. The number of ether oxygens (including phenoxy) is 3. The fraction of sp³-hybridized carbons (Fsp3) is 0.323. The molecule has 5 heteroatoms. The average molecular weight is 481 g/mol. The van der Waals surface area contributed by atoms with Crippen molar-refractivity contribution in [2.24, 2.45) is 5.41 Å². The molecule has 0 spiro atoms. The van der Waals surface area contributed by atoms with Crippen LogP contribution in [-0.2, 0) is 26.2 Å². The Labute approximate surface area is 212 Å². The van der Waals surface area contributed by atoms with Gasteiger partial charge in [0.25, 0.3) is 5.97 Å². The molecule has 0 saturated carbocycles. The summed E-state index contributed by atoms with van der Waals surface area (Å²) in [7, 11) is 0. The quantitative estimate of drug-likeness (QED) is 0.300. The Morgan fingerprint density at radius 2 is 1.22 bits per heavy atom. The molecule has 184 valence electrons. The second-order valence-corrected chi connectivity index (χ2v) is 10.2. The van der Waals surface area contributed by atoms with Gasteiger partial charge in [-0.25, -0.2) is 4.98 Å². The summed E-state index contributed by atoms with van der Waals surface area (Å²) in [4.78, 5) is 4.85. The Hall–Kier alpha value is -3.25. The van der Waals surface area contributed by atoms with Gasteiger partial charge in [-0.3, -0.25) is 0 Å². The van der Waals surface area contributed by atoms with E-state index in [0.29, 0.717) is 26.2 Å². The largest absolute Gasteiger partial charge is 0.327 e. The monoisotopic (exact) mass is 480 g/mol. The zero-order valence-electron chi connectivity index (χ0n) is 20.7. The molecule has 0 atom stereocenters. The topological polar surface area (TPSA) is 45.5 Å². The summed E-state index contributed by atoms with van der Waals surface area (Å²) in [6.07, 6.45) is 6.30. The third kappa shape index (κ3) is 3.97. The number of imidazole rings is 1. The fourth-order valence-electron chi connectivity index (χ4n) is 5.56. The smallest absolute Gasteiger partial charge is 0.282 e. The van der Waals surface area contributed by atoms with Crippen LogP contribution in [0.3, 0.4) is 0 Å². The molecule has 4 heterocycles. The number of hydrogen-bond donors (Lipinski definition) is 0. The van der Waals surface area contributed by atoms with Crippen LogP contribution in [-0.4, -0.2) is 35.3 Å². The minimum absolute atomic E-state index is 0.0291. The van der Waals surface area contributed by atoms with Gasteiger partial charge in [0.2, 0.25) is 0 Å². The van der Waals surface area contributed by atoms with Gasteiger partial charge in [0.15, 0.2) is 0 Å². The minimum Gasteiger partial charge on any atom is -0.327 e. The Morgan fingerprint density at radius 1 is 0.750 bits per heavy atom. The third-order valence-corrected chi connectivity index (χ3v) is 7.46. The molecule has 0 amide bonds. The van der Waals surface area contributed by atoms with E-state index in [1.165, 1.54) is 16.7 Å². The summed E-state index contributed by atoms with van der Waals surface area (Å²) >= 11 is 0. The zero-order valence-corrected chi connectivity index (χ0v) is 20.7. The molecule has 0 radical (unpaired) electrons. The lowest BCUT2D eigenvalue weighted by molar-refractivity contribution is -0.467. The maximum atomic E-state index is 6.02. The van der Waals surface area contributed by atoms with Crippen LogP contribution in [0.5, 0.6) is 0 Å². The Balaban J connectivity index is 1.39. The van der Waals surface area contributed by atoms with Gasteiger partial charge in [0.05, 0.1) is 19.8 Å². The van der Waals surface area contributed by atoms with E-state index in [2.05, 4.69) is 109 Å². The fourth-order valence-corrected chi connectivity index (χ4v) is 5.56. The van der Waals surface area contributed by atoms with E-state index in [4.69, 9.17) is 19.2 Å². The molecule has 3 aliphatic heterocycles. The molecule has 0 aliphatic carbocycles. The maximum Gasteiger partial charge on any atom is 0.282 e. The molecule has 5 nitrogen and oxygen atoms in total. The summed E-state index contributed by atoms with van der Waals surface area (Å²) in [5, 5.41) is 0. The number of rotatable bonds is 8. The first-order chi connectivity index (χ1) is 17.6. The molecule has 2 bridgehead atoms. The van der Waals surface area contributed by atoms with E-state index in [0.717, 1.165) is 18.7 Å². The van der Waals surface area contributed by atoms with Crippen LogP contribution in [0.2, 0.25) is 0 Å². The van der Waals surface area contributed by atoms with E-state index >= 15 is 0 Å². The van der Waals surface area contributed by atoms with Gasteiger partial charge in [-0.2, -0.15) is 0 Å². The summed E-state index contributed by atoms with van der Waals surface area (Å²) in [6, 6.07) is 32.1. The van der Waals surface area contributed by atoms with Crippen molar-refractivity contribution in [1.29, 1.82) is 0 Å². The van der Waals surface area contributed by atoms with Gasteiger partial charge < -0.3 is 18.8 Å². The Kier molecular flexibility index (Phi) is 6.00. The summed E-state index contributed by atoms with van der Waals surface area (Å²) in [5.41, 5.74) is 2.98. The lowest BCUT2D eigenvalue weighted by Gasteiger charge is -2.50. The third-order valence-electron chi connectivity index (χ3n) is 7.46. The molecule has 0 N–H and O–H groups in total. The van der Waals surface area contributed by atoms with Crippen LogP contribution in [0.4, 0.5) is 0 Å². The van der Waals surface area contributed by atoms with Crippen molar-refractivity contribution >= 4 is 0 Å². The van der Waals surface area contributed by atoms with Crippen LogP contribution in [0.25, 0.3) is 0 Å². The first-order valence-corrected chi connectivity index (χ1v) is 12.7. The van der Waals surface area contributed by atoms with Crippen molar-refractivity contribution in [2.45, 2.75) is 37.7 Å². The van der Waals surface area contributed by atoms with E-state index in [9.17, 15) is 0 Å². The SMILES string of the molecule is CC12COC(CCCc3nccn3C(c3ccccc3)(c3ccccc3)c3ccccc3)(OC1)OC2. The second kappa shape index (κ2) is 9.32. The van der Waals surface area contributed by atoms with Crippen molar-refractivity contribution in [3.63, 3.8) is 0 Å². The van der Waals surface area contributed by atoms with Crippen molar-refractivity contribution in [3.8, 4) is 0 Å². The van der Waals surface area contributed by atoms with E-state index in [1.54, 1.807) is 0 Å². The highest BCUT2D eigenvalue weighted by Gasteiger charge is 2.50. The van der Waals surface area contributed by atoms with Crippen LogP contribution < -0.4 is 0 Å². The zero-order chi connectivity index (χ0) is 24.5. The van der Waals surface area contributed by atoms with Crippen molar-refractivity contribution < 1.29 is 14.2 Å². The number of nitrogens with zero attached hydrogens (tertiary/aromatic N) is 2.